The number of alkyl halides is 6. The van der Waals surface area contributed by atoms with Gasteiger partial charge in [-0.15, -0.1) is 0 Å². The topological polar surface area (TPSA) is 52.6 Å². The molecule has 0 amide bonds. The van der Waals surface area contributed by atoms with Gasteiger partial charge < -0.3 is 0 Å². The fourth-order valence-corrected chi connectivity index (χ4v) is 22.9. The van der Waals surface area contributed by atoms with E-state index in [0.29, 0.717) is 9.81 Å². The number of halogens is 6. The number of benzene rings is 3. The fourth-order valence-electron chi connectivity index (χ4n) is 3.65. The molecule has 0 fully saturated rings. The van der Waals surface area contributed by atoms with Crippen molar-refractivity contribution in [2.24, 2.45) is 0 Å². The Balaban J connectivity index is 2.62. The maximum absolute atomic E-state index is 13.4. The van der Waals surface area contributed by atoms with Crippen molar-refractivity contribution >= 4 is 111 Å². The van der Waals surface area contributed by atoms with Gasteiger partial charge in [-0.2, -0.15) is 0 Å². The molecule has 0 radical (unpaired) electrons. The van der Waals surface area contributed by atoms with Crippen molar-refractivity contribution < 1.29 is 15.2 Å². The average Bonchev–Trinajstić information content (AvgIpc) is 2.78. The molecule has 0 atom stereocenters. The molecule has 0 spiro atoms. The molecule has 0 aliphatic carbocycles. The number of carbonyl (C=O) groups is 2. The van der Waals surface area contributed by atoms with E-state index in [9.17, 15) is 9.59 Å². The van der Waals surface area contributed by atoms with E-state index in [0.717, 1.165) is 16.7 Å². The maximum atomic E-state index is 13.4. The van der Waals surface area contributed by atoms with Crippen LogP contribution >= 0.6 is 69.6 Å². The van der Waals surface area contributed by atoms with Crippen LogP contribution in [0.2, 0.25) is 0 Å². The molecule has 0 heterocycles. The van der Waals surface area contributed by atoms with E-state index in [-0.39, 0.29) is 0 Å². The van der Waals surface area contributed by atoms with E-state index in [1.807, 2.05) is 20.8 Å². The van der Waals surface area contributed by atoms with Crippen molar-refractivity contribution in [3.8, 4) is 0 Å². The molecule has 3 rings (SSSR count). The van der Waals surface area contributed by atoms with E-state index >= 15 is 0 Å². The molecule has 0 aliphatic rings. The van der Waals surface area contributed by atoms with Gasteiger partial charge in [0.05, 0.1) is 0 Å². The third kappa shape index (κ3) is 5.78. The van der Waals surface area contributed by atoms with Crippen molar-refractivity contribution in [3.63, 3.8) is 0 Å². The minimum atomic E-state index is -6.53. The predicted molar refractivity (Wildman–Crippen MR) is 151 cm³/mol. The summed E-state index contributed by atoms with van der Waals surface area (Å²) in [6, 6.07) is 21.0. The second-order valence-electron chi connectivity index (χ2n) is 8.22. The molecule has 0 aliphatic heterocycles. The SMILES string of the molecule is Cc1cc[c]([Bi]([O]C(=O)C(Cl)(Cl)Cl)([O]C(=O)C(Cl)(Cl)Cl)([c]2ccc(C)cc2)[c]2ccc(C)cc2)cc1. The Hall–Kier alpha value is -0.777. The minimum absolute atomic E-state index is 0.393. The van der Waals surface area contributed by atoms with Crippen LogP contribution < -0.4 is 9.81 Å². The number of carbonyl (C=O) groups excluding carboxylic acids is 2. The van der Waals surface area contributed by atoms with Gasteiger partial charge in [0.15, 0.2) is 0 Å². The summed E-state index contributed by atoms with van der Waals surface area (Å²) in [4.78, 5) is 26.8. The molecule has 0 saturated heterocycles. The first kappa shape index (κ1) is 29.8. The Labute approximate surface area is 242 Å². The van der Waals surface area contributed by atoms with E-state index in [1.54, 1.807) is 72.8 Å². The van der Waals surface area contributed by atoms with Crippen molar-refractivity contribution in [2.75, 3.05) is 0 Å². The summed E-state index contributed by atoms with van der Waals surface area (Å²) < 4.78 is 8.77. The molecule has 0 N–H and O–H groups in total. The van der Waals surface area contributed by atoms with E-state index in [1.165, 1.54) is 0 Å². The normalized spacial score (nSPS) is 13.4. The Morgan fingerprint density at radius 1 is 0.528 bits per heavy atom. The molecule has 0 unspecified atom stereocenters. The number of aryl methyl sites for hydroxylation is 3. The monoisotopic (exact) mass is 804 g/mol. The van der Waals surface area contributed by atoms with Crippen LogP contribution in [-0.4, -0.2) is 39.2 Å². The number of hydrogen-bond donors (Lipinski definition) is 0. The summed E-state index contributed by atoms with van der Waals surface area (Å²) in [7, 11) is 0. The summed E-state index contributed by atoms with van der Waals surface area (Å²) in [6.45, 7) is 5.64. The van der Waals surface area contributed by atoms with Gasteiger partial charge in [0.25, 0.3) is 0 Å². The van der Waals surface area contributed by atoms with Crippen molar-refractivity contribution in [3.05, 3.63) is 89.5 Å². The third-order valence-corrected chi connectivity index (χ3v) is 24.8. The first-order valence-electron chi connectivity index (χ1n) is 10.5. The van der Waals surface area contributed by atoms with Gasteiger partial charge in [0.2, 0.25) is 0 Å². The third-order valence-electron chi connectivity index (χ3n) is 5.49. The Kier molecular flexibility index (Phi) is 8.91. The van der Waals surface area contributed by atoms with E-state index < -0.39 is 39.2 Å². The van der Waals surface area contributed by atoms with Gasteiger partial charge in [0.1, 0.15) is 0 Å². The average molecular weight is 807 g/mol. The number of hydrogen-bond acceptors (Lipinski definition) is 4. The fraction of sp³-hybridized carbons (Fsp3) is 0.200. The molecule has 11 heteroatoms. The van der Waals surface area contributed by atoms with Gasteiger partial charge >= 0.3 is 244 Å². The van der Waals surface area contributed by atoms with Crippen molar-refractivity contribution in [2.45, 2.75) is 28.4 Å². The molecule has 3 aromatic rings. The molecular weight excluding hydrogens is 786 g/mol. The summed E-state index contributed by atoms with van der Waals surface area (Å²) in [5.41, 5.74) is 2.72. The van der Waals surface area contributed by atoms with Crippen molar-refractivity contribution in [1.29, 1.82) is 0 Å². The summed E-state index contributed by atoms with van der Waals surface area (Å²) in [6.07, 6.45) is 0. The summed E-state index contributed by atoms with van der Waals surface area (Å²) in [5, 5.41) is 0. The molecule has 4 nitrogen and oxygen atoms in total. The Morgan fingerprint density at radius 2 is 0.750 bits per heavy atom. The summed E-state index contributed by atoms with van der Waals surface area (Å²) >= 11 is 29.4. The second kappa shape index (κ2) is 10.8. The van der Waals surface area contributed by atoms with Gasteiger partial charge in [-0.1, -0.05) is 0 Å². The van der Waals surface area contributed by atoms with Crippen LogP contribution in [-0.2, 0) is 15.2 Å². The van der Waals surface area contributed by atoms with E-state index in [2.05, 4.69) is 0 Å². The zero-order valence-electron chi connectivity index (χ0n) is 19.3. The van der Waals surface area contributed by atoms with Crippen LogP contribution in [0.4, 0.5) is 0 Å². The Morgan fingerprint density at radius 3 is 0.944 bits per heavy atom. The van der Waals surface area contributed by atoms with Crippen LogP contribution in [0, 0.1) is 20.8 Å². The Bertz CT molecular complexity index is 1120. The van der Waals surface area contributed by atoms with Crippen LogP contribution in [0.15, 0.2) is 72.8 Å². The standard InChI is InChI=1S/3C7H7.2C2HCl3O2.Bi/c3*1-7-5-3-2-4-6-7;2*3-2(4,5)1(6)7;/h3*3-6H,1H3;2*(H,6,7);/q;;;;;+2/p-2. The molecule has 0 bridgehead atoms. The molecule has 36 heavy (non-hydrogen) atoms. The zero-order chi connectivity index (χ0) is 27.0. The van der Waals surface area contributed by atoms with Crippen LogP contribution in [0.25, 0.3) is 0 Å². The van der Waals surface area contributed by atoms with E-state index in [4.69, 9.17) is 75.2 Å². The quantitative estimate of drug-likeness (QED) is 0.240. The molecule has 0 aromatic heterocycles. The predicted octanol–water partition coefficient (Wildman–Crippen LogP) is 5.86. The van der Waals surface area contributed by atoms with Crippen LogP contribution in [0.3, 0.4) is 0 Å². The number of rotatable bonds is 5. The second-order valence-corrected chi connectivity index (χ2v) is 27.7. The van der Waals surface area contributed by atoms with Gasteiger partial charge in [-0.25, -0.2) is 0 Å². The molecular formula is C25H21BiCl6O4. The van der Waals surface area contributed by atoms with Crippen LogP contribution in [0.5, 0.6) is 0 Å². The van der Waals surface area contributed by atoms with Crippen molar-refractivity contribution in [1.82, 2.24) is 0 Å². The summed E-state index contributed by atoms with van der Waals surface area (Å²) in [5.74, 6) is -2.47. The zero-order valence-corrected chi connectivity index (χ0v) is 27.3. The van der Waals surface area contributed by atoms with Gasteiger partial charge in [-0.05, 0) is 0 Å². The molecule has 3 aromatic carbocycles. The van der Waals surface area contributed by atoms with Crippen LogP contribution in [0.1, 0.15) is 16.7 Å². The molecule has 192 valence electrons. The van der Waals surface area contributed by atoms with Gasteiger partial charge in [0, 0.05) is 0 Å². The van der Waals surface area contributed by atoms with Gasteiger partial charge in [-0.3, -0.25) is 0 Å². The first-order chi connectivity index (χ1) is 16.6. The molecule has 0 saturated carbocycles. The first-order valence-corrected chi connectivity index (χ1v) is 20.8.